The lowest BCUT2D eigenvalue weighted by atomic mass is 10.3. The Morgan fingerprint density at radius 1 is 1.24 bits per heavy atom. The molecule has 1 aromatic rings. The van der Waals surface area contributed by atoms with Crippen molar-refractivity contribution in [2.24, 2.45) is 4.99 Å². The Balaban J connectivity index is 0.00000312. The molecule has 25 heavy (non-hydrogen) atoms. The summed E-state index contributed by atoms with van der Waals surface area (Å²) in [6.07, 6.45) is 7.69. The van der Waals surface area contributed by atoms with Crippen LogP contribution in [0.1, 0.15) is 49.9 Å². The van der Waals surface area contributed by atoms with Gasteiger partial charge in [-0.15, -0.1) is 24.0 Å². The van der Waals surface area contributed by atoms with Crippen molar-refractivity contribution < 1.29 is 4.74 Å². The van der Waals surface area contributed by atoms with Crippen LogP contribution in [-0.4, -0.2) is 48.6 Å². The number of nitrogens with zero attached hydrogens (tertiary/aromatic N) is 3. The molecule has 0 bridgehead atoms. The van der Waals surface area contributed by atoms with Crippen molar-refractivity contribution in [1.82, 2.24) is 20.4 Å². The maximum atomic E-state index is 5.87. The van der Waals surface area contributed by atoms with Gasteiger partial charge in [0.2, 0.25) is 0 Å². The molecule has 1 aliphatic rings. The minimum absolute atomic E-state index is 0. The molecule has 1 heterocycles. The summed E-state index contributed by atoms with van der Waals surface area (Å²) in [7, 11) is 1.81. The first-order chi connectivity index (χ1) is 11.7. The lowest BCUT2D eigenvalue weighted by Crippen LogP contribution is -2.38. The summed E-state index contributed by atoms with van der Waals surface area (Å²) in [5.74, 6) is 0.865. The van der Waals surface area contributed by atoms with Gasteiger partial charge >= 0.3 is 0 Å². The fourth-order valence-corrected chi connectivity index (χ4v) is 3.14. The lowest BCUT2D eigenvalue weighted by molar-refractivity contribution is 0.0574. The topological polar surface area (TPSA) is 63.5 Å². The van der Waals surface area contributed by atoms with Crippen molar-refractivity contribution in [3.05, 3.63) is 17.5 Å². The van der Waals surface area contributed by atoms with Crippen molar-refractivity contribution in [1.29, 1.82) is 0 Å². The number of guanidine groups is 1. The van der Waals surface area contributed by atoms with E-state index in [4.69, 9.17) is 4.74 Å². The molecule has 0 aromatic carbocycles. The third kappa shape index (κ3) is 8.40. The maximum absolute atomic E-state index is 5.87. The highest BCUT2D eigenvalue weighted by Crippen LogP contribution is 2.20. The zero-order valence-electron chi connectivity index (χ0n) is 15.9. The van der Waals surface area contributed by atoms with E-state index in [-0.39, 0.29) is 24.0 Å². The Bertz CT molecular complexity index is 512. The Labute approximate surface area is 169 Å². The maximum Gasteiger partial charge on any atom is 0.190 e. The van der Waals surface area contributed by atoms with Gasteiger partial charge in [-0.2, -0.15) is 5.10 Å². The SMILES string of the molecule is CN=C(NCCCOC1CCCC1)NCCCn1nc(C)cc1C.I. The van der Waals surface area contributed by atoms with Crippen molar-refractivity contribution in [2.45, 2.75) is 65.0 Å². The standard InChI is InChI=1S/C18H33N5O.HI/c1-15-14-16(2)23(22-15)12-6-10-20-18(19-3)21-11-7-13-24-17-8-4-5-9-17;/h14,17H,4-13H2,1-3H3,(H2,19,20,21);1H. The third-order valence-corrected chi connectivity index (χ3v) is 4.44. The van der Waals surface area contributed by atoms with Crippen LogP contribution in [0.4, 0.5) is 0 Å². The molecule has 0 aliphatic heterocycles. The van der Waals surface area contributed by atoms with E-state index in [0.717, 1.165) is 50.7 Å². The molecule has 0 spiro atoms. The average molecular weight is 463 g/mol. The summed E-state index contributed by atoms with van der Waals surface area (Å²) in [6.45, 7) is 7.68. The molecule has 6 nitrogen and oxygen atoms in total. The van der Waals surface area contributed by atoms with Gasteiger partial charge in [-0.1, -0.05) is 12.8 Å². The first kappa shape index (κ1) is 22.2. The van der Waals surface area contributed by atoms with E-state index in [1.165, 1.54) is 31.4 Å². The molecule has 1 aliphatic carbocycles. The van der Waals surface area contributed by atoms with Gasteiger partial charge in [0.25, 0.3) is 0 Å². The van der Waals surface area contributed by atoms with Crippen LogP contribution in [-0.2, 0) is 11.3 Å². The van der Waals surface area contributed by atoms with Crippen LogP contribution < -0.4 is 10.6 Å². The minimum Gasteiger partial charge on any atom is -0.378 e. The number of hydrogen-bond donors (Lipinski definition) is 2. The quantitative estimate of drug-likeness (QED) is 0.256. The molecule has 2 N–H and O–H groups in total. The van der Waals surface area contributed by atoms with Gasteiger partial charge in [0.05, 0.1) is 11.8 Å². The van der Waals surface area contributed by atoms with Gasteiger partial charge in [0, 0.05) is 39.0 Å². The molecule has 2 rings (SSSR count). The number of aromatic nitrogens is 2. The minimum atomic E-state index is 0. The molecular formula is C18H34IN5O. The number of aliphatic imine (C=N–C) groups is 1. The number of hydrogen-bond acceptors (Lipinski definition) is 3. The van der Waals surface area contributed by atoms with Gasteiger partial charge in [0.1, 0.15) is 0 Å². The summed E-state index contributed by atoms with van der Waals surface area (Å²) in [6, 6.07) is 2.11. The summed E-state index contributed by atoms with van der Waals surface area (Å²) in [5.41, 5.74) is 2.30. The Kier molecular flexibility index (Phi) is 11.1. The van der Waals surface area contributed by atoms with E-state index in [0.29, 0.717) is 6.10 Å². The first-order valence-corrected chi connectivity index (χ1v) is 9.26. The third-order valence-electron chi connectivity index (χ3n) is 4.44. The highest BCUT2D eigenvalue weighted by Gasteiger charge is 2.14. The van der Waals surface area contributed by atoms with Crippen LogP contribution in [0.15, 0.2) is 11.1 Å². The summed E-state index contributed by atoms with van der Waals surface area (Å²) >= 11 is 0. The average Bonchev–Trinajstić information content (AvgIpc) is 3.18. The van der Waals surface area contributed by atoms with Gasteiger partial charge in [-0.25, -0.2) is 0 Å². The summed E-state index contributed by atoms with van der Waals surface area (Å²) in [4.78, 5) is 4.26. The van der Waals surface area contributed by atoms with Gasteiger partial charge in [-0.3, -0.25) is 9.67 Å². The van der Waals surface area contributed by atoms with Crippen LogP contribution >= 0.6 is 24.0 Å². The monoisotopic (exact) mass is 463 g/mol. The normalized spacial score (nSPS) is 15.2. The van der Waals surface area contributed by atoms with Crippen LogP contribution in [0.5, 0.6) is 0 Å². The van der Waals surface area contributed by atoms with Gasteiger partial charge < -0.3 is 15.4 Å². The molecule has 1 aromatic heterocycles. The molecular weight excluding hydrogens is 429 g/mol. The van der Waals surface area contributed by atoms with Gasteiger partial charge in [-0.05, 0) is 45.6 Å². The van der Waals surface area contributed by atoms with E-state index in [2.05, 4.69) is 38.4 Å². The summed E-state index contributed by atoms with van der Waals surface area (Å²) in [5, 5.41) is 11.2. The van der Waals surface area contributed by atoms with E-state index in [1.54, 1.807) is 0 Å². The molecule has 1 fully saturated rings. The van der Waals surface area contributed by atoms with Crippen LogP contribution in [0.25, 0.3) is 0 Å². The smallest absolute Gasteiger partial charge is 0.190 e. The zero-order chi connectivity index (χ0) is 17.2. The summed E-state index contributed by atoms with van der Waals surface area (Å²) < 4.78 is 7.93. The number of ether oxygens (including phenoxy) is 1. The lowest BCUT2D eigenvalue weighted by Gasteiger charge is -2.13. The predicted octanol–water partition coefficient (Wildman–Crippen LogP) is 3.02. The number of nitrogens with one attached hydrogen (secondary N) is 2. The zero-order valence-corrected chi connectivity index (χ0v) is 18.2. The Morgan fingerprint density at radius 2 is 1.92 bits per heavy atom. The highest BCUT2D eigenvalue weighted by atomic mass is 127. The number of rotatable bonds is 9. The Hall–Kier alpha value is -0.830. The Morgan fingerprint density at radius 3 is 2.52 bits per heavy atom. The van der Waals surface area contributed by atoms with E-state index in [1.807, 2.05) is 14.0 Å². The fraction of sp³-hybridized carbons (Fsp3) is 0.778. The van der Waals surface area contributed by atoms with Gasteiger partial charge in [0.15, 0.2) is 5.96 Å². The molecule has 1 saturated carbocycles. The van der Waals surface area contributed by atoms with Crippen molar-refractivity contribution in [3.8, 4) is 0 Å². The molecule has 0 unspecified atom stereocenters. The van der Waals surface area contributed by atoms with Crippen molar-refractivity contribution in [2.75, 3.05) is 26.7 Å². The van der Waals surface area contributed by atoms with E-state index >= 15 is 0 Å². The van der Waals surface area contributed by atoms with Crippen LogP contribution in [0.2, 0.25) is 0 Å². The van der Waals surface area contributed by atoms with Crippen LogP contribution in [0.3, 0.4) is 0 Å². The molecule has 0 amide bonds. The van der Waals surface area contributed by atoms with E-state index in [9.17, 15) is 0 Å². The van der Waals surface area contributed by atoms with E-state index < -0.39 is 0 Å². The molecule has 0 radical (unpaired) electrons. The first-order valence-electron chi connectivity index (χ1n) is 9.26. The molecule has 7 heteroatoms. The number of halogens is 1. The van der Waals surface area contributed by atoms with Crippen molar-refractivity contribution >= 4 is 29.9 Å². The molecule has 144 valence electrons. The fourth-order valence-electron chi connectivity index (χ4n) is 3.14. The van der Waals surface area contributed by atoms with Crippen molar-refractivity contribution in [3.63, 3.8) is 0 Å². The highest BCUT2D eigenvalue weighted by molar-refractivity contribution is 14.0. The largest absolute Gasteiger partial charge is 0.378 e. The second-order valence-corrected chi connectivity index (χ2v) is 6.56. The predicted molar refractivity (Wildman–Crippen MR) is 114 cm³/mol. The molecule has 0 saturated heterocycles. The second-order valence-electron chi connectivity index (χ2n) is 6.56. The second kappa shape index (κ2) is 12.5. The number of aryl methyl sites for hydroxylation is 3. The molecule has 0 atom stereocenters. The van der Waals surface area contributed by atoms with Crippen LogP contribution in [0, 0.1) is 13.8 Å².